The maximum absolute atomic E-state index is 2.54. The van der Waals surface area contributed by atoms with Gasteiger partial charge in [0.2, 0.25) is 0 Å². The molecule has 1 aliphatic carbocycles. The molecule has 0 saturated heterocycles. The monoisotopic (exact) mass is 612 g/mol. The molecule has 1 aliphatic heterocycles. The van der Waals surface area contributed by atoms with Crippen LogP contribution in [0.15, 0.2) is 182 Å². The van der Waals surface area contributed by atoms with Crippen LogP contribution in [0.5, 0.6) is 0 Å². The SMILES string of the molecule is C1=CC2c3cc4c(cc3N(c3ccc(-c5ccccc5)cc3)C2C=C1)c1ccccc1n4-c1ccc2cc(-c3ccccc3)ccc2c1. The summed E-state index contributed by atoms with van der Waals surface area (Å²) in [6, 6.07) is 58.0. The van der Waals surface area contributed by atoms with Crippen LogP contribution in [-0.4, -0.2) is 10.6 Å². The summed E-state index contributed by atoms with van der Waals surface area (Å²) < 4.78 is 2.46. The minimum absolute atomic E-state index is 0.235. The Hall–Kier alpha value is -6.12. The highest BCUT2D eigenvalue weighted by molar-refractivity contribution is 6.11. The van der Waals surface area contributed by atoms with Crippen molar-refractivity contribution in [1.29, 1.82) is 0 Å². The molecule has 2 unspecified atom stereocenters. The lowest BCUT2D eigenvalue weighted by molar-refractivity contribution is 0.745. The van der Waals surface area contributed by atoms with Crippen LogP contribution >= 0.6 is 0 Å². The summed E-state index contributed by atoms with van der Waals surface area (Å²) in [6.45, 7) is 0. The summed E-state index contributed by atoms with van der Waals surface area (Å²) in [6.07, 6.45) is 9.15. The Morgan fingerprint density at radius 2 is 1.04 bits per heavy atom. The van der Waals surface area contributed by atoms with Crippen LogP contribution in [0, 0.1) is 0 Å². The van der Waals surface area contributed by atoms with Crippen LogP contribution in [0.1, 0.15) is 11.5 Å². The first-order valence-electron chi connectivity index (χ1n) is 16.8. The Bertz CT molecular complexity index is 2550. The smallest absolute Gasteiger partial charge is 0.0629 e. The van der Waals surface area contributed by atoms with Gasteiger partial charge in [-0.25, -0.2) is 0 Å². The minimum atomic E-state index is 0.235. The van der Waals surface area contributed by atoms with Crippen LogP contribution in [0.2, 0.25) is 0 Å². The molecule has 0 spiro atoms. The summed E-state index contributed by atoms with van der Waals surface area (Å²) in [5.41, 5.74) is 12.5. The van der Waals surface area contributed by atoms with E-state index in [9.17, 15) is 0 Å². The van der Waals surface area contributed by atoms with E-state index in [2.05, 4.69) is 191 Å². The molecule has 2 aliphatic rings. The third-order valence-corrected chi connectivity index (χ3v) is 10.3. The van der Waals surface area contributed by atoms with Crippen LogP contribution in [0.25, 0.3) is 60.5 Å². The fraction of sp³-hybridized carbons (Fsp3) is 0.0435. The number of benzene rings is 7. The second kappa shape index (κ2) is 10.7. The zero-order valence-electron chi connectivity index (χ0n) is 26.4. The van der Waals surface area contributed by atoms with Crippen molar-refractivity contribution in [2.24, 2.45) is 0 Å². The van der Waals surface area contributed by atoms with E-state index in [4.69, 9.17) is 0 Å². The van der Waals surface area contributed by atoms with Gasteiger partial charge in [-0.3, -0.25) is 0 Å². The molecule has 0 radical (unpaired) electrons. The summed E-state index contributed by atoms with van der Waals surface area (Å²) >= 11 is 0. The van der Waals surface area contributed by atoms with Crippen LogP contribution < -0.4 is 4.90 Å². The molecule has 0 bridgehead atoms. The summed E-state index contributed by atoms with van der Waals surface area (Å²) in [5.74, 6) is 0.280. The van der Waals surface area contributed by atoms with Gasteiger partial charge in [-0.2, -0.15) is 0 Å². The first-order chi connectivity index (χ1) is 23.8. The van der Waals surface area contributed by atoms with E-state index in [0.717, 1.165) is 0 Å². The molecule has 226 valence electrons. The molecular formula is C46H32N2. The molecule has 1 aromatic heterocycles. The lowest BCUT2D eigenvalue weighted by Gasteiger charge is -2.28. The van der Waals surface area contributed by atoms with E-state index in [1.807, 2.05) is 0 Å². The fourth-order valence-corrected chi connectivity index (χ4v) is 8.00. The molecule has 2 heteroatoms. The average molecular weight is 613 g/mol. The quantitative estimate of drug-likeness (QED) is 0.192. The highest BCUT2D eigenvalue weighted by Crippen LogP contribution is 2.50. The van der Waals surface area contributed by atoms with Crippen molar-refractivity contribution in [3.05, 3.63) is 188 Å². The normalized spacial score (nSPS) is 16.5. The molecule has 10 rings (SSSR count). The number of rotatable bonds is 4. The Morgan fingerprint density at radius 1 is 0.417 bits per heavy atom. The minimum Gasteiger partial charge on any atom is -0.333 e. The molecule has 48 heavy (non-hydrogen) atoms. The van der Waals surface area contributed by atoms with Gasteiger partial charge in [0.05, 0.1) is 17.1 Å². The Labute approximate surface area is 280 Å². The summed E-state index contributed by atoms with van der Waals surface area (Å²) in [4.78, 5) is 2.54. The topological polar surface area (TPSA) is 8.17 Å². The van der Waals surface area contributed by atoms with Crippen molar-refractivity contribution in [1.82, 2.24) is 4.57 Å². The van der Waals surface area contributed by atoms with E-state index < -0.39 is 0 Å². The lowest BCUT2D eigenvalue weighted by atomic mass is 9.91. The number of para-hydroxylation sites is 1. The number of hydrogen-bond donors (Lipinski definition) is 0. The fourth-order valence-electron chi connectivity index (χ4n) is 8.00. The van der Waals surface area contributed by atoms with Crippen molar-refractivity contribution in [3.63, 3.8) is 0 Å². The van der Waals surface area contributed by atoms with Gasteiger partial charge in [0.25, 0.3) is 0 Å². The first kappa shape index (κ1) is 27.0. The van der Waals surface area contributed by atoms with E-state index in [-0.39, 0.29) is 12.0 Å². The Morgan fingerprint density at radius 3 is 1.85 bits per heavy atom. The van der Waals surface area contributed by atoms with Gasteiger partial charge >= 0.3 is 0 Å². The van der Waals surface area contributed by atoms with Crippen molar-refractivity contribution >= 4 is 44.0 Å². The number of allylic oxidation sites excluding steroid dienone is 2. The first-order valence-corrected chi connectivity index (χ1v) is 16.8. The average Bonchev–Trinajstić information content (AvgIpc) is 3.66. The maximum Gasteiger partial charge on any atom is 0.0629 e. The molecule has 0 fully saturated rings. The van der Waals surface area contributed by atoms with E-state index in [0.29, 0.717) is 0 Å². The van der Waals surface area contributed by atoms with E-state index in [1.165, 1.54) is 77.5 Å². The Kier molecular flexibility index (Phi) is 6.04. The summed E-state index contributed by atoms with van der Waals surface area (Å²) in [7, 11) is 0. The van der Waals surface area contributed by atoms with Crippen molar-refractivity contribution in [2.45, 2.75) is 12.0 Å². The standard InChI is InChI=1S/C46H32N2/c1-3-11-31(12-4-1)33-21-24-37(25-22-33)47-43-17-9-7-15-39(43)41-30-46-42(29-45(41)47)40-16-8-10-18-44(40)48(46)38-26-23-35-27-34(19-20-36(35)28-38)32-13-5-2-6-14-32/h1-30,39,43H. The number of aromatic nitrogens is 1. The predicted molar refractivity (Wildman–Crippen MR) is 203 cm³/mol. The van der Waals surface area contributed by atoms with Gasteiger partial charge < -0.3 is 9.47 Å². The molecule has 0 saturated carbocycles. The molecular weight excluding hydrogens is 581 g/mol. The third-order valence-electron chi connectivity index (χ3n) is 10.3. The predicted octanol–water partition coefficient (Wildman–Crippen LogP) is 12.0. The molecule has 8 aromatic rings. The largest absolute Gasteiger partial charge is 0.333 e. The number of anilines is 2. The zero-order valence-corrected chi connectivity index (χ0v) is 26.4. The molecule has 7 aromatic carbocycles. The van der Waals surface area contributed by atoms with Gasteiger partial charge in [-0.15, -0.1) is 0 Å². The van der Waals surface area contributed by atoms with Crippen LogP contribution in [0.3, 0.4) is 0 Å². The van der Waals surface area contributed by atoms with Crippen molar-refractivity contribution in [3.8, 4) is 27.9 Å². The number of hydrogen-bond acceptors (Lipinski definition) is 1. The van der Waals surface area contributed by atoms with Crippen molar-refractivity contribution < 1.29 is 0 Å². The molecule has 2 heterocycles. The van der Waals surface area contributed by atoms with Crippen LogP contribution in [0.4, 0.5) is 11.4 Å². The van der Waals surface area contributed by atoms with Gasteiger partial charge in [-0.05, 0) is 87.1 Å². The van der Waals surface area contributed by atoms with Gasteiger partial charge in [0, 0.05) is 33.8 Å². The second-order valence-electron chi connectivity index (χ2n) is 13.0. The van der Waals surface area contributed by atoms with E-state index in [1.54, 1.807) is 0 Å². The number of fused-ring (bicyclic) bond motifs is 7. The molecule has 2 atom stereocenters. The Balaban J connectivity index is 1.13. The maximum atomic E-state index is 2.54. The second-order valence-corrected chi connectivity index (χ2v) is 13.0. The number of nitrogens with zero attached hydrogens (tertiary/aromatic N) is 2. The van der Waals surface area contributed by atoms with Crippen LogP contribution in [-0.2, 0) is 0 Å². The van der Waals surface area contributed by atoms with E-state index >= 15 is 0 Å². The summed E-state index contributed by atoms with van der Waals surface area (Å²) in [5, 5.41) is 5.04. The van der Waals surface area contributed by atoms with Gasteiger partial charge in [-0.1, -0.05) is 133 Å². The molecule has 0 amide bonds. The highest BCUT2D eigenvalue weighted by atomic mass is 15.2. The zero-order chi connectivity index (χ0) is 31.6. The highest BCUT2D eigenvalue weighted by Gasteiger charge is 2.38. The van der Waals surface area contributed by atoms with Gasteiger partial charge in [0.15, 0.2) is 0 Å². The van der Waals surface area contributed by atoms with Crippen molar-refractivity contribution in [2.75, 3.05) is 4.90 Å². The lowest BCUT2D eigenvalue weighted by Crippen LogP contribution is -2.28. The van der Waals surface area contributed by atoms with Gasteiger partial charge in [0.1, 0.15) is 0 Å². The third kappa shape index (κ3) is 4.19. The molecule has 2 nitrogen and oxygen atoms in total. The molecule has 0 N–H and O–H groups in total.